The lowest BCUT2D eigenvalue weighted by molar-refractivity contribution is -0.141. The third kappa shape index (κ3) is 3.60. The van der Waals surface area contributed by atoms with Crippen molar-refractivity contribution < 1.29 is 32.2 Å². The number of cyclic esters (lactones) is 2. The molecule has 1 unspecified atom stereocenters. The van der Waals surface area contributed by atoms with E-state index in [-0.39, 0.29) is 30.3 Å². The second-order valence-corrected chi connectivity index (χ2v) is 5.92. The Morgan fingerprint density at radius 1 is 1.38 bits per heavy atom. The van der Waals surface area contributed by atoms with Crippen LogP contribution >= 0.6 is 0 Å². The molecule has 2 fully saturated rings. The van der Waals surface area contributed by atoms with E-state index >= 15 is 0 Å². The lowest BCUT2D eigenvalue weighted by Crippen LogP contribution is -2.35. The number of rotatable bonds is 4. The van der Waals surface area contributed by atoms with E-state index in [4.69, 9.17) is 4.74 Å². The molecule has 24 heavy (non-hydrogen) atoms. The number of carbonyl (C=O) groups excluding carboxylic acids is 2. The van der Waals surface area contributed by atoms with E-state index < -0.39 is 30.0 Å². The summed E-state index contributed by atoms with van der Waals surface area (Å²) in [6, 6.07) is 2.16. The first-order valence-electron chi connectivity index (χ1n) is 7.42. The Balaban J connectivity index is 1.80. The summed E-state index contributed by atoms with van der Waals surface area (Å²) in [5, 5.41) is 0. The fraction of sp³-hybridized carbons (Fsp3) is 0.533. The van der Waals surface area contributed by atoms with Gasteiger partial charge in [-0.3, -0.25) is 4.79 Å². The van der Waals surface area contributed by atoms with Gasteiger partial charge in [0.25, 0.3) is 5.91 Å². The van der Waals surface area contributed by atoms with Gasteiger partial charge in [0.05, 0.1) is 6.54 Å². The second-order valence-electron chi connectivity index (χ2n) is 5.92. The molecule has 1 aliphatic heterocycles. The van der Waals surface area contributed by atoms with Crippen LogP contribution in [-0.2, 0) is 15.7 Å². The third-order valence-corrected chi connectivity index (χ3v) is 3.85. The Kier molecular flexibility index (Phi) is 4.10. The highest BCUT2D eigenvalue weighted by molar-refractivity contribution is 5.94. The number of ether oxygens (including phenoxy) is 2. The van der Waals surface area contributed by atoms with Gasteiger partial charge in [-0.05, 0) is 25.0 Å². The summed E-state index contributed by atoms with van der Waals surface area (Å²) in [6.07, 6.45) is -4.52. The predicted octanol–water partition coefficient (Wildman–Crippen LogP) is 2.59. The summed E-state index contributed by atoms with van der Waals surface area (Å²) in [4.78, 5) is 28.2. The first kappa shape index (κ1) is 16.5. The number of likely N-dealkylation sites (N-methyl/N-ethyl adjacent to an activating group) is 1. The summed E-state index contributed by atoms with van der Waals surface area (Å²) >= 11 is 0. The van der Waals surface area contributed by atoms with E-state index in [1.165, 1.54) is 18.0 Å². The monoisotopic (exact) mass is 344 g/mol. The van der Waals surface area contributed by atoms with E-state index in [1.54, 1.807) is 0 Å². The van der Waals surface area contributed by atoms with Crippen molar-refractivity contribution in [2.75, 3.05) is 20.2 Å². The number of carbonyl (C=O) groups is 2. The standard InChI is InChI=1S/C15H15F3N2O4/c1-20(6-10-7-23-14(22)24-10)13(21)9-4-11(8-2-3-8)19-12(5-9)15(16,17)18/h4-5,8,10H,2-3,6-7H2,1H3. The molecule has 0 radical (unpaired) electrons. The molecule has 0 spiro atoms. The van der Waals surface area contributed by atoms with Gasteiger partial charge in [-0.1, -0.05) is 0 Å². The zero-order valence-electron chi connectivity index (χ0n) is 12.8. The van der Waals surface area contributed by atoms with Crippen LogP contribution in [0.3, 0.4) is 0 Å². The van der Waals surface area contributed by atoms with Crippen LogP contribution in [0.25, 0.3) is 0 Å². The lowest BCUT2D eigenvalue weighted by Gasteiger charge is -2.20. The zero-order chi connectivity index (χ0) is 17.5. The Morgan fingerprint density at radius 3 is 2.62 bits per heavy atom. The molecule has 1 aromatic rings. The van der Waals surface area contributed by atoms with Crippen LogP contribution in [0.2, 0.25) is 0 Å². The molecule has 1 saturated heterocycles. The summed E-state index contributed by atoms with van der Waals surface area (Å²) in [5.74, 6) is -0.610. The van der Waals surface area contributed by atoms with Crippen molar-refractivity contribution in [1.82, 2.24) is 9.88 Å². The molecule has 1 aromatic heterocycles. The highest BCUT2D eigenvalue weighted by Gasteiger charge is 2.36. The molecule has 2 heterocycles. The van der Waals surface area contributed by atoms with Gasteiger partial charge in [-0.25, -0.2) is 9.78 Å². The molecule has 1 aliphatic carbocycles. The molecule has 6 nitrogen and oxygen atoms in total. The number of pyridine rings is 1. The van der Waals surface area contributed by atoms with E-state index in [0.717, 1.165) is 18.9 Å². The minimum absolute atomic E-state index is 0.00786. The highest BCUT2D eigenvalue weighted by atomic mass is 19.4. The molecule has 1 atom stereocenters. The molecule has 9 heteroatoms. The average molecular weight is 344 g/mol. The predicted molar refractivity (Wildman–Crippen MR) is 74.4 cm³/mol. The molecule has 1 amide bonds. The van der Waals surface area contributed by atoms with Gasteiger partial charge in [0, 0.05) is 24.2 Å². The number of nitrogens with zero attached hydrogens (tertiary/aromatic N) is 2. The van der Waals surface area contributed by atoms with Crippen LogP contribution in [0, 0.1) is 0 Å². The van der Waals surface area contributed by atoms with E-state index in [1.807, 2.05) is 0 Å². The molecule has 1 saturated carbocycles. The van der Waals surface area contributed by atoms with Gasteiger partial charge >= 0.3 is 12.3 Å². The zero-order valence-corrected chi connectivity index (χ0v) is 12.8. The van der Waals surface area contributed by atoms with Gasteiger partial charge in [-0.2, -0.15) is 13.2 Å². The Bertz CT molecular complexity index is 673. The van der Waals surface area contributed by atoms with E-state index in [0.29, 0.717) is 0 Å². The largest absolute Gasteiger partial charge is 0.508 e. The highest BCUT2D eigenvalue weighted by Crippen LogP contribution is 2.40. The molecular weight excluding hydrogens is 329 g/mol. The Morgan fingerprint density at radius 2 is 2.08 bits per heavy atom. The molecule has 0 bridgehead atoms. The minimum atomic E-state index is -4.62. The number of halogens is 3. The SMILES string of the molecule is CN(CC1COC(=O)O1)C(=O)c1cc(C2CC2)nc(C(F)(F)F)c1. The van der Waals surface area contributed by atoms with Crippen LogP contribution < -0.4 is 0 Å². The quantitative estimate of drug-likeness (QED) is 0.786. The summed E-state index contributed by atoms with van der Waals surface area (Å²) in [6.45, 7) is 0.0426. The molecule has 0 N–H and O–H groups in total. The average Bonchev–Trinajstić information content (AvgIpc) is 3.29. The summed E-state index contributed by atoms with van der Waals surface area (Å²) < 4.78 is 48.5. The number of aromatic nitrogens is 1. The lowest BCUT2D eigenvalue weighted by atomic mass is 10.1. The van der Waals surface area contributed by atoms with Crippen LogP contribution in [-0.4, -0.2) is 48.2 Å². The van der Waals surface area contributed by atoms with Crippen molar-refractivity contribution in [3.05, 3.63) is 29.1 Å². The fourth-order valence-electron chi connectivity index (χ4n) is 2.47. The van der Waals surface area contributed by atoms with Gasteiger partial charge in [0.1, 0.15) is 12.3 Å². The number of alkyl halides is 3. The molecule has 2 aliphatic rings. The normalized spacial score (nSPS) is 20.5. The first-order chi connectivity index (χ1) is 11.2. The van der Waals surface area contributed by atoms with Gasteiger partial charge < -0.3 is 14.4 Å². The minimum Gasteiger partial charge on any atom is -0.430 e. The number of amides is 1. The van der Waals surface area contributed by atoms with Crippen molar-refractivity contribution >= 4 is 12.1 Å². The fourth-order valence-corrected chi connectivity index (χ4v) is 2.47. The number of hydrogen-bond acceptors (Lipinski definition) is 5. The number of hydrogen-bond donors (Lipinski definition) is 0. The van der Waals surface area contributed by atoms with Crippen molar-refractivity contribution in [3.8, 4) is 0 Å². The smallest absolute Gasteiger partial charge is 0.430 e. The molecule has 130 valence electrons. The van der Waals surface area contributed by atoms with Gasteiger partial charge in [0.15, 0.2) is 6.10 Å². The maximum Gasteiger partial charge on any atom is 0.508 e. The first-order valence-corrected chi connectivity index (χ1v) is 7.42. The van der Waals surface area contributed by atoms with E-state index in [2.05, 4.69) is 9.72 Å². The maximum absolute atomic E-state index is 13.0. The Hall–Kier alpha value is -2.32. The van der Waals surface area contributed by atoms with Crippen molar-refractivity contribution in [3.63, 3.8) is 0 Å². The molecular formula is C15H15F3N2O4. The summed E-state index contributed by atoms with van der Waals surface area (Å²) in [5.41, 5.74) is -0.858. The van der Waals surface area contributed by atoms with Crippen LogP contribution in [0.15, 0.2) is 12.1 Å². The van der Waals surface area contributed by atoms with Crippen LogP contribution in [0.5, 0.6) is 0 Å². The topological polar surface area (TPSA) is 68.7 Å². The third-order valence-electron chi connectivity index (χ3n) is 3.85. The molecule has 0 aromatic carbocycles. The van der Waals surface area contributed by atoms with Gasteiger partial charge in [0.2, 0.25) is 0 Å². The Labute approximate surface area is 135 Å². The maximum atomic E-state index is 13.0. The second kappa shape index (κ2) is 5.95. The van der Waals surface area contributed by atoms with Crippen LogP contribution in [0.4, 0.5) is 18.0 Å². The van der Waals surface area contributed by atoms with E-state index in [9.17, 15) is 22.8 Å². The van der Waals surface area contributed by atoms with Crippen LogP contribution in [0.1, 0.15) is 40.5 Å². The van der Waals surface area contributed by atoms with Crippen molar-refractivity contribution in [2.24, 2.45) is 0 Å². The van der Waals surface area contributed by atoms with Crippen molar-refractivity contribution in [1.29, 1.82) is 0 Å². The van der Waals surface area contributed by atoms with Crippen molar-refractivity contribution in [2.45, 2.75) is 31.0 Å². The summed E-state index contributed by atoms with van der Waals surface area (Å²) in [7, 11) is 1.43. The molecule has 3 rings (SSSR count). The van der Waals surface area contributed by atoms with Gasteiger partial charge in [-0.15, -0.1) is 0 Å².